The van der Waals surface area contributed by atoms with Crippen molar-refractivity contribution in [1.82, 2.24) is 21.3 Å². The van der Waals surface area contributed by atoms with Gasteiger partial charge >= 0.3 is 12.1 Å². The van der Waals surface area contributed by atoms with E-state index in [1.54, 1.807) is 39.8 Å². The zero-order valence-electron chi connectivity index (χ0n) is 27.7. The average Bonchev–Trinajstić information content (AvgIpc) is 2.94. The lowest BCUT2D eigenvalue weighted by Crippen LogP contribution is -2.59. The van der Waals surface area contributed by atoms with Gasteiger partial charge in [-0.3, -0.25) is 24.0 Å². The fraction of sp³-hybridized carbons (Fsp3) is 0.625. The van der Waals surface area contributed by atoms with E-state index in [9.17, 15) is 28.8 Å². The maximum Gasteiger partial charge on any atom is 0.408 e. The van der Waals surface area contributed by atoms with Crippen molar-refractivity contribution in [3.63, 3.8) is 0 Å². The van der Waals surface area contributed by atoms with Crippen LogP contribution in [0.1, 0.15) is 86.6 Å². The van der Waals surface area contributed by atoms with Crippen molar-refractivity contribution in [2.45, 2.75) is 117 Å². The highest BCUT2D eigenvalue weighted by Gasteiger charge is 2.33. The lowest BCUT2D eigenvalue weighted by Gasteiger charge is -2.28. The third-order valence-corrected chi connectivity index (χ3v) is 6.81. The van der Waals surface area contributed by atoms with Gasteiger partial charge in [0.15, 0.2) is 0 Å². The highest BCUT2D eigenvalue weighted by Crippen LogP contribution is 2.13. The van der Waals surface area contributed by atoms with Gasteiger partial charge < -0.3 is 36.5 Å². The molecule has 0 heterocycles. The Labute approximate surface area is 266 Å². The molecule has 0 spiro atoms. The van der Waals surface area contributed by atoms with Gasteiger partial charge in [0.1, 0.15) is 36.4 Å². The van der Waals surface area contributed by atoms with E-state index in [4.69, 9.17) is 15.2 Å². The van der Waals surface area contributed by atoms with Crippen molar-refractivity contribution >= 4 is 35.7 Å². The fourth-order valence-corrected chi connectivity index (χ4v) is 4.10. The fourth-order valence-electron chi connectivity index (χ4n) is 4.10. The summed E-state index contributed by atoms with van der Waals surface area (Å²) in [4.78, 5) is 76.8. The number of amides is 5. The summed E-state index contributed by atoms with van der Waals surface area (Å²) < 4.78 is 10.7. The molecule has 0 fully saturated rings. The molecule has 5 atom stereocenters. The second kappa shape index (κ2) is 18.6. The molecule has 0 bridgehead atoms. The minimum absolute atomic E-state index is 0.0124. The number of hydrogen-bond acceptors (Lipinski definition) is 8. The Morgan fingerprint density at radius 2 is 1.42 bits per heavy atom. The Kier molecular flexibility index (Phi) is 16.1. The Bertz CT molecular complexity index is 1150. The molecule has 0 aliphatic carbocycles. The molecule has 0 unspecified atom stereocenters. The first-order chi connectivity index (χ1) is 20.9. The standard InChI is InChI=1S/C32H51N5O8/c1-9-20(4)26(30(42)34-21(5)27(33)39)37-28(40)23(15-16-25(38)44-18-22-13-11-10-12-14-22)35-29(41)24(17-19(2)3)36-31(43)45-32(6,7)8/h10-14,19-21,23-24,26H,9,15-18H2,1-8H3,(H2,33,39)(H,34,42)(H,35,41)(H,36,43)(H,37,40)/t20-,21+,23-,24-,26-/m0/s1. The van der Waals surface area contributed by atoms with Crippen molar-refractivity contribution in [2.75, 3.05) is 0 Å². The molecule has 45 heavy (non-hydrogen) atoms. The molecular formula is C32H51N5O8. The molecule has 0 radical (unpaired) electrons. The Balaban J connectivity index is 3.20. The monoisotopic (exact) mass is 633 g/mol. The SMILES string of the molecule is CC[C@H](C)[C@H](NC(=O)[C@H](CCC(=O)OCc1ccccc1)NC(=O)[C@H](CC(C)C)NC(=O)OC(C)(C)C)C(=O)N[C@H](C)C(N)=O. The van der Waals surface area contributed by atoms with E-state index >= 15 is 0 Å². The first kappa shape index (κ1) is 38.9. The number of carbonyl (C=O) groups is 6. The Morgan fingerprint density at radius 3 is 1.96 bits per heavy atom. The zero-order chi connectivity index (χ0) is 34.3. The molecule has 1 aromatic rings. The van der Waals surface area contributed by atoms with E-state index in [0.29, 0.717) is 6.42 Å². The highest BCUT2D eigenvalue weighted by molar-refractivity contribution is 5.95. The number of rotatable bonds is 17. The number of benzene rings is 1. The van der Waals surface area contributed by atoms with Crippen LogP contribution in [0.4, 0.5) is 4.79 Å². The Morgan fingerprint density at radius 1 is 0.822 bits per heavy atom. The second-order valence-corrected chi connectivity index (χ2v) is 12.6. The largest absolute Gasteiger partial charge is 0.461 e. The van der Waals surface area contributed by atoms with Gasteiger partial charge in [0.05, 0.1) is 0 Å². The van der Waals surface area contributed by atoms with E-state index in [1.165, 1.54) is 6.92 Å². The summed E-state index contributed by atoms with van der Waals surface area (Å²) in [5.41, 5.74) is 5.27. The van der Waals surface area contributed by atoms with Crippen LogP contribution in [-0.4, -0.2) is 65.5 Å². The van der Waals surface area contributed by atoms with E-state index in [2.05, 4.69) is 21.3 Å². The molecule has 252 valence electrons. The molecule has 0 saturated carbocycles. The predicted molar refractivity (Wildman–Crippen MR) is 168 cm³/mol. The summed E-state index contributed by atoms with van der Waals surface area (Å²) in [6, 6.07) is 4.69. The lowest BCUT2D eigenvalue weighted by atomic mass is 9.97. The summed E-state index contributed by atoms with van der Waals surface area (Å²) in [5, 5.41) is 10.4. The van der Waals surface area contributed by atoms with E-state index in [1.807, 2.05) is 39.0 Å². The van der Waals surface area contributed by atoms with E-state index in [0.717, 1.165) is 5.56 Å². The van der Waals surface area contributed by atoms with Crippen LogP contribution in [0.5, 0.6) is 0 Å². The molecular weight excluding hydrogens is 582 g/mol. The number of ether oxygens (including phenoxy) is 2. The van der Waals surface area contributed by atoms with Crippen LogP contribution in [-0.2, 0) is 40.1 Å². The van der Waals surface area contributed by atoms with Gasteiger partial charge in [-0.25, -0.2) is 4.79 Å². The topological polar surface area (TPSA) is 195 Å². The number of hydrogen-bond donors (Lipinski definition) is 5. The number of esters is 1. The normalized spacial score (nSPS) is 14.6. The summed E-state index contributed by atoms with van der Waals surface area (Å²) in [5.74, 6) is -3.73. The first-order valence-electron chi connectivity index (χ1n) is 15.3. The van der Waals surface area contributed by atoms with Gasteiger partial charge in [0.2, 0.25) is 23.6 Å². The van der Waals surface area contributed by atoms with Gasteiger partial charge in [-0.15, -0.1) is 0 Å². The van der Waals surface area contributed by atoms with Gasteiger partial charge in [-0.05, 0) is 57.9 Å². The van der Waals surface area contributed by atoms with Crippen LogP contribution < -0.4 is 27.0 Å². The molecule has 1 rings (SSSR count). The third kappa shape index (κ3) is 15.4. The van der Waals surface area contributed by atoms with Crippen molar-refractivity contribution < 1.29 is 38.2 Å². The molecule has 0 aliphatic rings. The van der Waals surface area contributed by atoms with Crippen LogP contribution >= 0.6 is 0 Å². The summed E-state index contributed by atoms with van der Waals surface area (Å²) in [6.07, 6.45) is -0.438. The minimum Gasteiger partial charge on any atom is -0.461 e. The maximum absolute atomic E-state index is 13.6. The number of nitrogens with two attached hydrogens (primary N) is 1. The van der Waals surface area contributed by atoms with Crippen LogP contribution in [0.25, 0.3) is 0 Å². The quantitative estimate of drug-likeness (QED) is 0.161. The van der Waals surface area contributed by atoms with Crippen LogP contribution in [0.3, 0.4) is 0 Å². The Hall–Kier alpha value is -4.16. The highest BCUT2D eigenvalue weighted by atomic mass is 16.6. The third-order valence-electron chi connectivity index (χ3n) is 6.81. The van der Waals surface area contributed by atoms with Gasteiger partial charge in [0.25, 0.3) is 0 Å². The van der Waals surface area contributed by atoms with Gasteiger partial charge in [-0.2, -0.15) is 0 Å². The van der Waals surface area contributed by atoms with Crippen LogP contribution in [0.2, 0.25) is 0 Å². The summed E-state index contributed by atoms with van der Waals surface area (Å²) >= 11 is 0. The molecule has 0 saturated heterocycles. The number of primary amides is 1. The zero-order valence-corrected chi connectivity index (χ0v) is 27.7. The number of alkyl carbamates (subject to hydrolysis) is 1. The molecule has 13 heteroatoms. The molecule has 5 amide bonds. The maximum atomic E-state index is 13.6. The minimum atomic E-state index is -1.27. The molecule has 6 N–H and O–H groups in total. The average molecular weight is 634 g/mol. The van der Waals surface area contributed by atoms with Gasteiger partial charge in [0, 0.05) is 6.42 Å². The first-order valence-corrected chi connectivity index (χ1v) is 15.3. The molecule has 13 nitrogen and oxygen atoms in total. The van der Waals surface area contributed by atoms with E-state index < -0.39 is 65.5 Å². The lowest BCUT2D eigenvalue weighted by molar-refractivity contribution is -0.145. The van der Waals surface area contributed by atoms with Crippen LogP contribution in [0.15, 0.2) is 30.3 Å². The van der Waals surface area contributed by atoms with Crippen molar-refractivity contribution in [3.8, 4) is 0 Å². The van der Waals surface area contributed by atoms with Crippen molar-refractivity contribution in [1.29, 1.82) is 0 Å². The molecule has 0 aliphatic heterocycles. The summed E-state index contributed by atoms with van der Waals surface area (Å²) in [7, 11) is 0. The predicted octanol–water partition coefficient (Wildman–Crippen LogP) is 2.46. The number of nitrogens with one attached hydrogen (secondary N) is 4. The second-order valence-electron chi connectivity index (χ2n) is 12.6. The van der Waals surface area contributed by atoms with Gasteiger partial charge in [-0.1, -0.05) is 64.4 Å². The van der Waals surface area contributed by atoms with Crippen molar-refractivity contribution in [3.05, 3.63) is 35.9 Å². The molecule has 1 aromatic carbocycles. The number of carbonyl (C=O) groups excluding carboxylic acids is 6. The van der Waals surface area contributed by atoms with Crippen molar-refractivity contribution in [2.24, 2.45) is 17.6 Å². The summed E-state index contributed by atoms with van der Waals surface area (Å²) in [6.45, 7) is 13.8. The molecule has 0 aromatic heterocycles. The van der Waals surface area contributed by atoms with Crippen LogP contribution in [0, 0.1) is 11.8 Å². The smallest absolute Gasteiger partial charge is 0.408 e. The van der Waals surface area contributed by atoms with E-state index in [-0.39, 0.29) is 37.7 Å².